The van der Waals surface area contributed by atoms with Gasteiger partial charge in [-0.25, -0.2) is 0 Å². The van der Waals surface area contributed by atoms with Crippen LogP contribution in [0.25, 0.3) is 0 Å². The molecule has 0 aliphatic rings. The quantitative estimate of drug-likeness (QED) is 0.375. The molecule has 3 rings (SSSR count). The molecular formula is C20H17ClN2. The number of hydrazone groups is 1. The van der Waals surface area contributed by atoms with Crippen molar-refractivity contribution in [3.63, 3.8) is 0 Å². The first-order valence-electron chi connectivity index (χ1n) is 7.47. The highest BCUT2D eigenvalue weighted by atomic mass is 35.5. The first-order chi connectivity index (χ1) is 11.3. The van der Waals surface area contributed by atoms with Crippen molar-refractivity contribution in [3.05, 3.63) is 102 Å². The van der Waals surface area contributed by atoms with Gasteiger partial charge < -0.3 is 0 Å². The van der Waals surface area contributed by atoms with Crippen LogP contribution in [0, 0.1) is 0 Å². The third-order valence-corrected chi connectivity index (χ3v) is 3.94. The summed E-state index contributed by atoms with van der Waals surface area (Å²) in [5, 5.41) is 4.25. The van der Waals surface area contributed by atoms with E-state index >= 15 is 0 Å². The van der Waals surface area contributed by atoms with Gasteiger partial charge in [0.05, 0.1) is 11.4 Å². The SMILES string of the molecule is ClC(C(=NNc1ccccc1)c1ccccc1)c1ccccc1. The van der Waals surface area contributed by atoms with Crippen LogP contribution in [0.15, 0.2) is 96.1 Å². The molecule has 114 valence electrons. The minimum absolute atomic E-state index is 0.324. The molecule has 0 saturated carbocycles. The maximum Gasteiger partial charge on any atom is 0.103 e. The van der Waals surface area contributed by atoms with Gasteiger partial charge in [-0.1, -0.05) is 78.9 Å². The molecule has 2 nitrogen and oxygen atoms in total. The topological polar surface area (TPSA) is 24.4 Å². The number of para-hydroxylation sites is 1. The standard InChI is InChI=1S/C20H17ClN2/c21-19(16-10-4-1-5-11-16)20(17-12-6-2-7-13-17)23-22-18-14-8-3-9-15-18/h1-15,19,22H. The van der Waals surface area contributed by atoms with E-state index in [-0.39, 0.29) is 5.38 Å². The number of halogens is 1. The molecule has 0 aromatic heterocycles. The van der Waals surface area contributed by atoms with E-state index in [1.54, 1.807) is 0 Å². The van der Waals surface area contributed by atoms with Gasteiger partial charge in [-0.2, -0.15) is 5.10 Å². The lowest BCUT2D eigenvalue weighted by atomic mass is 10.0. The number of anilines is 1. The summed E-state index contributed by atoms with van der Waals surface area (Å²) < 4.78 is 0. The molecule has 0 bridgehead atoms. The molecular weight excluding hydrogens is 304 g/mol. The summed E-state index contributed by atoms with van der Waals surface area (Å²) in [5.74, 6) is 0. The lowest BCUT2D eigenvalue weighted by Crippen LogP contribution is -2.11. The minimum Gasteiger partial charge on any atom is -0.278 e. The average molecular weight is 321 g/mol. The van der Waals surface area contributed by atoms with E-state index in [0.29, 0.717) is 0 Å². The molecule has 0 amide bonds. The number of nitrogens with one attached hydrogen (secondary N) is 1. The predicted octanol–water partition coefficient (Wildman–Crippen LogP) is 5.48. The molecule has 3 aromatic carbocycles. The zero-order valence-electron chi connectivity index (χ0n) is 12.6. The molecule has 0 radical (unpaired) electrons. The van der Waals surface area contributed by atoms with Crippen molar-refractivity contribution in [3.8, 4) is 0 Å². The Morgan fingerprint density at radius 3 is 1.87 bits per heavy atom. The Kier molecular flexibility index (Phi) is 5.07. The average Bonchev–Trinajstić information content (AvgIpc) is 2.64. The second kappa shape index (κ2) is 7.61. The number of alkyl halides is 1. The van der Waals surface area contributed by atoms with Crippen LogP contribution in [0.2, 0.25) is 0 Å². The summed E-state index contributed by atoms with van der Waals surface area (Å²) in [5.41, 5.74) is 6.84. The van der Waals surface area contributed by atoms with Crippen molar-refractivity contribution in [2.24, 2.45) is 5.10 Å². The van der Waals surface area contributed by atoms with Gasteiger partial charge in [-0.15, -0.1) is 11.6 Å². The van der Waals surface area contributed by atoms with Crippen molar-refractivity contribution in [2.45, 2.75) is 5.38 Å². The van der Waals surface area contributed by atoms with Crippen LogP contribution < -0.4 is 5.43 Å². The van der Waals surface area contributed by atoms with Crippen LogP contribution in [0.5, 0.6) is 0 Å². The molecule has 0 heterocycles. The molecule has 1 atom stereocenters. The molecule has 1 N–H and O–H groups in total. The zero-order chi connectivity index (χ0) is 15.9. The minimum atomic E-state index is -0.324. The smallest absolute Gasteiger partial charge is 0.103 e. The monoisotopic (exact) mass is 320 g/mol. The van der Waals surface area contributed by atoms with Crippen molar-refractivity contribution < 1.29 is 0 Å². The third kappa shape index (κ3) is 3.99. The Morgan fingerprint density at radius 1 is 0.739 bits per heavy atom. The van der Waals surface area contributed by atoms with E-state index in [1.165, 1.54) is 0 Å². The lowest BCUT2D eigenvalue weighted by Gasteiger charge is -2.14. The van der Waals surface area contributed by atoms with Crippen molar-refractivity contribution in [1.82, 2.24) is 0 Å². The van der Waals surface area contributed by atoms with Crippen molar-refractivity contribution >= 4 is 23.0 Å². The van der Waals surface area contributed by atoms with E-state index in [2.05, 4.69) is 10.5 Å². The zero-order valence-corrected chi connectivity index (χ0v) is 13.3. The second-order valence-electron chi connectivity index (χ2n) is 5.11. The molecule has 0 aliphatic heterocycles. The van der Waals surface area contributed by atoms with Crippen LogP contribution in [-0.2, 0) is 0 Å². The summed E-state index contributed by atoms with van der Waals surface area (Å²) in [6.07, 6.45) is 0. The normalized spacial score (nSPS) is 12.7. The number of benzene rings is 3. The molecule has 3 heteroatoms. The maximum atomic E-state index is 6.70. The molecule has 1 unspecified atom stereocenters. The van der Waals surface area contributed by atoms with Crippen molar-refractivity contribution in [2.75, 3.05) is 5.43 Å². The molecule has 0 saturated heterocycles. The fraction of sp³-hybridized carbons (Fsp3) is 0.0500. The van der Waals surface area contributed by atoms with Crippen LogP contribution in [0.1, 0.15) is 16.5 Å². The third-order valence-electron chi connectivity index (χ3n) is 3.48. The fourth-order valence-electron chi connectivity index (χ4n) is 2.29. The number of hydrogen-bond donors (Lipinski definition) is 1. The highest BCUT2D eigenvalue weighted by Gasteiger charge is 2.17. The summed E-state index contributed by atoms with van der Waals surface area (Å²) in [7, 11) is 0. The van der Waals surface area contributed by atoms with Gasteiger partial charge in [0.1, 0.15) is 5.38 Å². The van der Waals surface area contributed by atoms with E-state index in [0.717, 1.165) is 22.5 Å². The fourth-order valence-corrected chi connectivity index (χ4v) is 2.61. The summed E-state index contributed by atoms with van der Waals surface area (Å²) in [4.78, 5) is 0. The highest BCUT2D eigenvalue weighted by molar-refractivity contribution is 6.35. The van der Waals surface area contributed by atoms with E-state index in [1.807, 2.05) is 91.0 Å². The lowest BCUT2D eigenvalue weighted by molar-refractivity contribution is 1.21. The van der Waals surface area contributed by atoms with E-state index in [9.17, 15) is 0 Å². The highest BCUT2D eigenvalue weighted by Crippen LogP contribution is 2.26. The Bertz CT molecular complexity index is 755. The van der Waals surface area contributed by atoms with Crippen LogP contribution in [0.3, 0.4) is 0 Å². The predicted molar refractivity (Wildman–Crippen MR) is 98.1 cm³/mol. The molecule has 0 fully saturated rings. The Labute approximate surface area is 141 Å². The first kappa shape index (κ1) is 15.3. The summed E-state index contributed by atoms with van der Waals surface area (Å²) >= 11 is 6.70. The summed E-state index contributed by atoms with van der Waals surface area (Å²) in [6.45, 7) is 0. The van der Waals surface area contributed by atoms with Gasteiger partial charge in [0.2, 0.25) is 0 Å². The maximum absolute atomic E-state index is 6.70. The van der Waals surface area contributed by atoms with Gasteiger partial charge >= 0.3 is 0 Å². The van der Waals surface area contributed by atoms with Gasteiger partial charge in [0, 0.05) is 0 Å². The Balaban J connectivity index is 1.94. The largest absolute Gasteiger partial charge is 0.278 e. The molecule has 0 spiro atoms. The molecule has 23 heavy (non-hydrogen) atoms. The van der Waals surface area contributed by atoms with Gasteiger partial charge in [0.15, 0.2) is 0 Å². The first-order valence-corrected chi connectivity index (χ1v) is 7.91. The van der Waals surface area contributed by atoms with Gasteiger partial charge in [-0.05, 0) is 23.3 Å². The number of rotatable bonds is 5. The van der Waals surface area contributed by atoms with E-state index in [4.69, 9.17) is 11.6 Å². The van der Waals surface area contributed by atoms with Gasteiger partial charge in [0.25, 0.3) is 0 Å². The van der Waals surface area contributed by atoms with Crippen LogP contribution in [0.4, 0.5) is 5.69 Å². The Morgan fingerprint density at radius 2 is 1.26 bits per heavy atom. The van der Waals surface area contributed by atoms with Crippen LogP contribution in [-0.4, -0.2) is 5.71 Å². The summed E-state index contributed by atoms with van der Waals surface area (Å²) in [6, 6.07) is 29.8. The Hall–Kier alpha value is -2.58. The van der Waals surface area contributed by atoms with Crippen molar-refractivity contribution in [1.29, 1.82) is 0 Å². The number of hydrogen-bond acceptors (Lipinski definition) is 2. The number of nitrogens with zero attached hydrogens (tertiary/aromatic N) is 1. The van der Waals surface area contributed by atoms with E-state index < -0.39 is 0 Å². The van der Waals surface area contributed by atoms with Gasteiger partial charge in [-0.3, -0.25) is 5.43 Å². The second-order valence-corrected chi connectivity index (χ2v) is 5.55. The van der Waals surface area contributed by atoms with Crippen LogP contribution >= 0.6 is 11.6 Å². The molecule has 3 aromatic rings. The molecule has 0 aliphatic carbocycles.